The predicted octanol–water partition coefficient (Wildman–Crippen LogP) is 2.17. The molecule has 2 rings (SSSR count). The Morgan fingerprint density at radius 3 is 2.56 bits per heavy atom. The summed E-state index contributed by atoms with van der Waals surface area (Å²) in [6.07, 6.45) is 5.93. The van der Waals surface area contributed by atoms with Crippen LogP contribution in [0.15, 0.2) is 12.7 Å². The maximum atomic E-state index is 6.64. The Morgan fingerprint density at radius 1 is 1.44 bits per heavy atom. The van der Waals surface area contributed by atoms with Crippen LogP contribution in [-0.4, -0.2) is 42.3 Å². The molecular formula is C15H28N2O. The van der Waals surface area contributed by atoms with E-state index < -0.39 is 0 Å². The van der Waals surface area contributed by atoms with Crippen molar-refractivity contribution in [1.29, 1.82) is 0 Å². The summed E-state index contributed by atoms with van der Waals surface area (Å²) in [5, 5.41) is 0. The minimum absolute atomic E-state index is 0.0668. The summed E-state index contributed by atoms with van der Waals surface area (Å²) in [4.78, 5) is 2.50. The highest BCUT2D eigenvalue weighted by Crippen LogP contribution is 2.50. The molecule has 2 unspecified atom stereocenters. The van der Waals surface area contributed by atoms with E-state index in [0.717, 1.165) is 32.2 Å². The van der Waals surface area contributed by atoms with Gasteiger partial charge in [-0.1, -0.05) is 19.9 Å². The lowest BCUT2D eigenvalue weighted by Crippen LogP contribution is -2.73. The van der Waals surface area contributed by atoms with E-state index in [1.54, 1.807) is 0 Å². The summed E-state index contributed by atoms with van der Waals surface area (Å²) in [6, 6.07) is 0.741. The van der Waals surface area contributed by atoms with E-state index in [4.69, 9.17) is 10.5 Å². The van der Waals surface area contributed by atoms with Crippen molar-refractivity contribution < 1.29 is 4.74 Å². The molecule has 3 heteroatoms. The van der Waals surface area contributed by atoms with Crippen molar-refractivity contribution in [1.82, 2.24) is 4.90 Å². The molecule has 0 spiro atoms. The van der Waals surface area contributed by atoms with Gasteiger partial charge in [0.15, 0.2) is 0 Å². The molecule has 2 aliphatic carbocycles. The fraction of sp³-hybridized carbons (Fsp3) is 0.867. The number of rotatable bonds is 7. The lowest BCUT2D eigenvalue weighted by atomic mass is 9.54. The first-order valence-corrected chi connectivity index (χ1v) is 7.20. The van der Waals surface area contributed by atoms with E-state index in [2.05, 4.69) is 32.3 Å². The zero-order valence-corrected chi connectivity index (χ0v) is 12.1. The minimum Gasteiger partial charge on any atom is -0.378 e. The molecule has 0 aromatic rings. The van der Waals surface area contributed by atoms with Crippen molar-refractivity contribution in [3.8, 4) is 0 Å². The van der Waals surface area contributed by atoms with Crippen LogP contribution in [0.25, 0.3) is 0 Å². The van der Waals surface area contributed by atoms with Crippen molar-refractivity contribution in [3.63, 3.8) is 0 Å². The number of hydrogen-bond donors (Lipinski definition) is 1. The average molecular weight is 252 g/mol. The summed E-state index contributed by atoms with van der Waals surface area (Å²) in [6.45, 7) is 13.1. The maximum absolute atomic E-state index is 6.64. The standard InChI is InChI=1S/C15H28N2O/c1-5-9-17(12-7-8-12)11-15(16)10-13(18-6-2)14(15,3)4/h5,12-13H,1,6-11,16H2,2-4H3. The van der Waals surface area contributed by atoms with Gasteiger partial charge in [0.1, 0.15) is 0 Å². The molecule has 0 aromatic heterocycles. The summed E-state index contributed by atoms with van der Waals surface area (Å²) >= 11 is 0. The lowest BCUT2D eigenvalue weighted by molar-refractivity contribution is -0.156. The monoisotopic (exact) mass is 252 g/mol. The summed E-state index contributed by atoms with van der Waals surface area (Å²) < 4.78 is 5.79. The van der Waals surface area contributed by atoms with Gasteiger partial charge in [0.05, 0.1) is 6.10 Å². The van der Waals surface area contributed by atoms with Crippen LogP contribution in [0, 0.1) is 5.41 Å². The van der Waals surface area contributed by atoms with E-state index in [-0.39, 0.29) is 11.0 Å². The van der Waals surface area contributed by atoms with E-state index in [1.165, 1.54) is 12.8 Å². The van der Waals surface area contributed by atoms with E-state index in [9.17, 15) is 0 Å². The van der Waals surface area contributed by atoms with Gasteiger partial charge in [0, 0.05) is 36.7 Å². The lowest BCUT2D eigenvalue weighted by Gasteiger charge is -2.60. The van der Waals surface area contributed by atoms with Crippen molar-refractivity contribution >= 4 is 0 Å². The van der Waals surface area contributed by atoms with Crippen molar-refractivity contribution in [3.05, 3.63) is 12.7 Å². The first-order chi connectivity index (χ1) is 8.44. The number of nitrogens with two attached hydrogens (primary N) is 1. The van der Waals surface area contributed by atoms with Crippen LogP contribution in [0.5, 0.6) is 0 Å². The second-order valence-electron chi connectivity index (χ2n) is 6.48. The minimum atomic E-state index is -0.113. The smallest absolute Gasteiger partial charge is 0.0662 e. The summed E-state index contributed by atoms with van der Waals surface area (Å²) in [5.41, 5.74) is 6.60. The number of hydrogen-bond acceptors (Lipinski definition) is 3. The Labute approximate surface area is 111 Å². The highest BCUT2D eigenvalue weighted by molar-refractivity contribution is 5.15. The van der Waals surface area contributed by atoms with Crippen molar-refractivity contribution in [2.24, 2.45) is 11.1 Å². The van der Waals surface area contributed by atoms with Crippen LogP contribution < -0.4 is 5.73 Å². The average Bonchev–Trinajstić information content (AvgIpc) is 3.12. The Balaban J connectivity index is 1.97. The number of nitrogens with zero attached hydrogens (tertiary/aromatic N) is 1. The van der Waals surface area contributed by atoms with Gasteiger partial charge < -0.3 is 10.5 Å². The molecule has 2 saturated carbocycles. The maximum Gasteiger partial charge on any atom is 0.0662 e. The molecule has 0 heterocycles. The largest absolute Gasteiger partial charge is 0.378 e. The van der Waals surface area contributed by atoms with Crippen LogP contribution in [0.4, 0.5) is 0 Å². The van der Waals surface area contributed by atoms with Gasteiger partial charge in [-0.05, 0) is 26.2 Å². The molecule has 2 atom stereocenters. The zero-order chi connectivity index (χ0) is 13.4. The fourth-order valence-corrected chi connectivity index (χ4v) is 3.09. The van der Waals surface area contributed by atoms with Crippen LogP contribution in [-0.2, 0) is 4.74 Å². The van der Waals surface area contributed by atoms with Crippen LogP contribution in [0.2, 0.25) is 0 Å². The van der Waals surface area contributed by atoms with E-state index in [1.807, 2.05) is 6.08 Å². The molecule has 0 aliphatic heterocycles. The van der Waals surface area contributed by atoms with Gasteiger partial charge in [-0.3, -0.25) is 4.90 Å². The molecule has 0 amide bonds. The van der Waals surface area contributed by atoms with Crippen LogP contribution >= 0.6 is 0 Å². The van der Waals surface area contributed by atoms with Crippen LogP contribution in [0.1, 0.15) is 40.0 Å². The van der Waals surface area contributed by atoms with Crippen molar-refractivity contribution in [2.75, 3.05) is 19.7 Å². The molecule has 2 fully saturated rings. The number of ether oxygens (including phenoxy) is 1. The normalized spacial score (nSPS) is 34.4. The molecular weight excluding hydrogens is 224 g/mol. The molecule has 2 N–H and O–H groups in total. The molecule has 104 valence electrons. The quantitative estimate of drug-likeness (QED) is 0.706. The Hall–Kier alpha value is -0.380. The van der Waals surface area contributed by atoms with E-state index >= 15 is 0 Å². The van der Waals surface area contributed by atoms with Crippen molar-refractivity contribution in [2.45, 2.75) is 57.7 Å². The molecule has 3 nitrogen and oxygen atoms in total. The topological polar surface area (TPSA) is 38.5 Å². The highest BCUT2D eigenvalue weighted by Gasteiger charge is 2.59. The second-order valence-corrected chi connectivity index (χ2v) is 6.48. The first-order valence-electron chi connectivity index (χ1n) is 7.20. The molecule has 2 aliphatic rings. The molecule has 0 radical (unpaired) electrons. The SMILES string of the molecule is C=CCN(CC1(N)CC(OCC)C1(C)C)C1CC1. The predicted molar refractivity (Wildman–Crippen MR) is 75.5 cm³/mol. The first kappa shape index (κ1) is 14.0. The Morgan fingerprint density at radius 2 is 2.11 bits per heavy atom. The fourth-order valence-electron chi connectivity index (χ4n) is 3.09. The van der Waals surface area contributed by atoms with Gasteiger partial charge in [-0.15, -0.1) is 6.58 Å². The molecule has 0 bridgehead atoms. The van der Waals surface area contributed by atoms with Gasteiger partial charge in [-0.25, -0.2) is 0 Å². The zero-order valence-electron chi connectivity index (χ0n) is 12.1. The third-order valence-electron chi connectivity index (χ3n) is 4.92. The Bertz CT molecular complexity index is 312. The molecule has 0 saturated heterocycles. The molecule has 0 aromatic carbocycles. The third-order valence-corrected chi connectivity index (χ3v) is 4.92. The Kier molecular flexibility index (Phi) is 3.86. The van der Waals surface area contributed by atoms with Gasteiger partial charge in [0.2, 0.25) is 0 Å². The van der Waals surface area contributed by atoms with E-state index in [0.29, 0.717) is 6.10 Å². The second kappa shape index (κ2) is 4.95. The third kappa shape index (κ3) is 2.36. The highest BCUT2D eigenvalue weighted by atomic mass is 16.5. The van der Waals surface area contributed by atoms with Gasteiger partial charge in [-0.2, -0.15) is 0 Å². The molecule has 18 heavy (non-hydrogen) atoms. The summed E-state index contributed by atoms with van der Waals surface area (Å²) in [5.74, 6) is 0. The van der Waals surface area contributed by atoms with Crippen LogP contribution in [0.3, 0.4) is 0 Å². The van der Waals surface area contributed by atoms with Gasteiger partial charge in [0.25, 0.3) is 0 Å². The summed E-state index contributed by atoms with van der Waals surface area (Å²) in [7, 11) is 0. The van der Waals surface area contributed by atoms with Gasteiger partial charge >= 0.3 is 0 Å².